The van der Waals surface area contributed by atoms with Crippen molar-refractivity contribution in [2.75, 3.05) is 0 Å². The molecule has 0 saturated carbocycles. The van der Waals surface area contributed by atoms with E-state index in [4.69, 9.17) is 11.1 Å². The van der Waals surface area contributed by atoms with Gasteiger partial charge in [-0.2, -0.15) is 24.3 Å². The summed E-state index contributed by atoms with van der Waals surface area (Å²) in [5.41, 5.74) is 0. The molecule has 0 fully saturated rings. The summed E-state index contributed by atoms with van der Waals surface area (Å²) in [6, 6.07) is 0.851. The molecule has 0 aromatic rings. The monoisotopic (exact) mass is 214 g/mol. The molecular weight excluding hydrogens is 205 g/mol. The van der Waals surface area contributed by atoms with Crippen LogP contribution in [0.4, 0.5) is 13.2 Å². The highest BCUT2D eigenvalue weighted by molar-refractivity contribution is 6.93. The molecule has 0 spiro atoms. The highest BCUT2D eigenvalue weighted by atomic mass is 35.6. The molecular formula is C7H10ClF3Si. The van der Waals surface area contributed by atoms with Crippen molar-refractivity contribution in [2.45, 2.75) is 31.5 Å². The Hall–Kier alpha value is 0.0369. The Labute approximate surface area is 77.3 Å². The van der Waals surface area contributed by atoms with Crippen LogP contribution in [-0.4, -0.2) is 15.0 Å². The van der Waals surface area contributed by atoms with Crippen LogP contribution in [0, 0.1) is 0 Å². The molecule has 70 valence electrons. The fourth-order valence-electron chi connectivity index (χ4n) is 0.621. The van der Waals surface area contributed by atoms with Crippen LogP contribution in [0.3, 0.4) is 0 Å². The summed E-state index contributed by atoms with van der Waals surface area (Å²) in [4.78, 5) is 0. The molecule has 0 aliphatic heterocycles. The smallest absolute Gasteiger partial charge is 0.171 e. The van der Waals surface area contributed by atoms with Crippen molar-refractivity contribution in [1.29, 1.82) is 0 Å². The largest absolute Gasteiger partial charge is 0.389 e. The van der Waals surface area contributed by atoms with Crippen molar-refractivity contribution < 1.29 is 13.2 Å². The molecule has 0 bridgehead atoms. The molecule has 0 rings (SSSR count). The lowest BCUT2D eigenvalue weighted by molar-refractivity contribution is -0.133. The zero-order chi connectivity index (χ0) is 9.45. The van der Waals surface area contributed by atoms with Gasteiger partial charge < -0.3 is 0 Å². The summed E-state index contributed by atoms with van der Waals surface area (Å²) in [5.74, 6) is 0. The molecule has 5 heteroatoms. The van der Waals surface area contributed by atoms with Gasteiger partial charge in [-0.25, -0.2) is 0 Å². The van der Waals surface area contributed by atoms with Crippen LogP contribution >= 0.6 is 11.1 Å². The van der Waals surface area contributed by atoms with Crippen LogP contribution in [0.2, 0.25) is 6.04 Å². The first-order valence-corrected chi connectivity index (χ1v) is 5.83. The lowest BCUT2D eigenvalue weighted by Gasteiger charge is -2.01. The third-order valence-corrected chi connectivity index (χ3v) is 2.21. The van der Waals surface area contributed by atoms with Crippen LogP contribution in [0.15, 0.2) is 12.2 Å². The second-order valence-electron chi connectivity index (χ2n) is 2.30. The van der Waals surface area contributed by atoms with Gasteiger partial charge in [-0.05, 0) is 18.9 Å². The van der Waals surface area contributed by atoms with E-state index in [0.29, 0.717) is 8.83 Å². The topological polar surface area (TPSA) is 0 Å². The van der Waals surface area contributed by atoms with E-state index in [1.54, 1.807) is 12.2 Å². The van der Waals surface area contributed by atoms with E-state index >= 15 is 0 Å². The molecule has 0 amide bonds. The highest BCUT2D eigenvalue weighted by Gasteiger charge is 2.25. The Bertz CT molecular complexity index is 133. The first-order chi connectivity index (χ1) is 5.56. The Morgan fingerprint density at radius 1 is 1.17 bits per heavy atom. The zero-order valence-electron chi connectivity index (χ0n) is 6.49. The number of hydrogen-bond donors (Lipinski definition) is 0. The Balaban J connectivity index is 3.25. The standard InChI is InChI=1S/C7H10ClF3Si/c8-12-6-4-2-1-3-5-7(9,10)11/h1-2H,3-6H2. The molecule has 0 unspecified atom stereocenters. The molecule has 0 aliphatic carbocycles. The molecule has 0 nitrogen and oxygen atoms in total. The van der Waals surface area contributed by atoms with Gasteiger partial charge in [-0.3, -0.25) is 0 Å². The molecule has 12 heavy (non-hydrogen) atoms. The summed E-state index contributed by atoms with van der Waals surface area (Å²) in [6.07, 6.45) is -0.592. The van der Waals surface area contributed by atoms with E-state index in [1.807, 2.05) is 0 Å². The average Bonchev–Trinajstić information content (AvgIpc) is 1.94. The number of allylic oxidation sites excluding steroid dienone is 2. The van der Waals surface area contributed by atoms with Gasteiger partial charge in [0.2, 0.25) is 0 Å². The van der Waals surface area contributed by atoms with E-state index in [9.17, 15) is 13.2 Å². The summed E-state index contributed by atoms with van der Waals surface area (Å²) in [7, 11) is 0.358. The first-order valence-electron chi connectivity index (χ1n) is 3.61. The maximum Gasteiger partial charge on any atom is 0.389 e. The normalized spacial score (nSPS) is 12.7. The van der Waals surface area contributed by atoms with Gasteiger partial charge in [0.25, 0.3) is 0 Å². The number of halogens is 4. The minimum atomic E-state index is -4.03. The Morgan fingerprint density at radius 2 is 1.75 bits per heavy atom. The molecule has 0 aromatic heterocycles. The van der Waals surface area contributed by atoms with Crippen molar-refractivity contribution >= 4 is 19.9 Å². The average molecular weight is 215 g/mol. The molecule has 0 saturated heterocycles. The molecule has 2 radical (unpaired) electrons. The molecule has 0 atom stereocenters. The Morgan fingerprint density at radius 3 is 2.25 bits per heavy atom. The van der Waals surface area contributed by atoms with Crippen molar-refractivity contribution in [3.8, 4) is 0 Å². The highest BCUT2D eigenvalue weighted by Crippen LogP contribution is 2.21. The lowest BCUT2D eigenvalue weighted by Crippen LogP contribution is -2.05. The van der Waals surface area contributed by atoms with E-state index in [2.05, 4.69) is 0 Å². The van der Waals surface area contributed by atoms with Gasteiger partial charge in [-0.1, -0.05) is 12.2 Å². The van der Waals surface area contributed by atoms with Gasteiger partial charge in [0.15, 0.2) is 8.83 Å². The summed E-state index contributed by atoms with van der Waals surface area (Å²) in [5, 5.41) is 0. The van der Waals surface area contributed by atoms with Gasteiger partial charge in [0.1, 0.15) is 0 Å². The maximum absolute atomic E-state index is 11.6. The second kappa shape index (κ2) is 6.54. The molecule has 0 aromatic carbocycles. The van der Waals surface area contributed by atoms with Crippen LogP contribution in [0.25, 0.3) is 0 Å². The fraction of sp³-hybridized carbons (Fsp3) is 0.714. The fourth-order valence-corrected chi connectivity index (χ4v) is 1.22. The third-order valence-electron chi connectivity index (χ3n) is 1.17. The van der Waals surface area contributed by atoms with Crippen LogP contribution in [0.1, 0.15) is 19.3 Å². The number of alkyl halides is 3. The van der Waals surface area contributed by atoms with Crippen molar-refractivity contribution in [3.63, 3.8) is 0 Å². The van der Waals surface area contributed by atoms with E-state index in [0.717, 1.165) is 12.5 Å². The van der Waals surface area contributed by atoms with Crippen molar-refractivity contribution in [3.05, 3.63) is 12.2 Å². The Kier molecular flexibility index (Phi) is 6.56. The minimum Gasteiger partial charge on any atom is -0.171 e. The predicted molar refractivity (Wildman–Crippen MR) is 45.5 cm³/mol. The van der Waals surface area contributed by atoms with E-state index < -0.39 is 12.6 Å². The summed E-state index contributed by atoms with van der Waals surface area (Å²) < 4.78 is 34.7. The van der Waals surface area contributed by atoms with Crippen molar-refractivity contribution in [2.24, 2.45) is 0 Å². The quantitative estimate of drug-likeness (QED) is 0.284. The zero-order valence-corrected chi connectivity index (χ0v) is 8.25. The summed E-state index contributed by atoms with van der Waals surface area (Å²) >= 11 is 5.40. The predicted octanol–water partition coefficient (Wildman–Crippen LogP) is 3.55. The van der Waals surface area contributed by atoms with Gasteiger partial charge in [0.05, 0.1) is 0 Å². The van der Waals surface area contributed by atoms with Crippen LogP contribution in [0.5, 0.6) is 0 Å². The van der Waals surface area contributed by atoms with Crippen molar-refractivity contribution in [1.82, 2.24) is 0 Å². The SMILES string of the molecule is FC(F)(F)CCC=CCC[Si]Cl. The van der Waals surface area contributed by atoms with Gasteiger partial charge >= 0.3 is 6.18 Å². The van der Waals surface area contributed by atoms with Gasteiger partial charge in [-0.15, -0.1) is 0 Å². The van der Waals surface area contributed by atoms with Gasteiger partial charge in [0, 0.05) is 6.42 Å². The number of rotatable bonds is 5. The molecule has 0 heterocycles. The maximum atomic E-state index is 11.6. The van der Waals surface area contributed by atoms with E-state index in [-0.39, 0.29) is 6.42 Å². The first kappa shape index (κ1) is 12.0. The second-order valence-corrected chi connectivity index (χ2v) is 3.87. The molecule has 0 N–H and O–H groups in total. The minimum absolute atomic E-state index is 0.0783. The molecule has 0 aliphatic rings. The lowest BCUT2D eigenvalue weighted by atomic mass is 10.2. The van der Waals surface area contributed by atoms with Crippen LogP contribution < -0.4 is 0 Å². The number of hydrogen-bond acceptors (Lipinski definition) is 0. The summed E-state index contributed by atoms with van der Waals surface area (Å²) in [6.45, 7) is 0. The third kappa shape index (κ3) is 10.0. The van der Waals surface area contributed by atoms with Crippen LogP contribution in [-0.2, 0) is 0 Å². The van der Waals surface area contributed by atoms with E-state index in [1.165, 1.54) is 0 Å².